The zero-order valence-electron chi connectivity index (χ0n) is 12.9. The lowest BCUT2D eigenvalue weighted by Crippen LogP contribution is -1.99. The van der Waals surface area contributed by atoms with Crippen LogP contribution in [0.2, 0.25) is 10.4 Å². The van der Waals surface area contributed by atoms with Gasteiger partial charge >= 0.3 is 0 Å². The Balaban J connectivity index is 1.92. The Morgan fingerprint density at radius 3 is 2.40 bits per heavy atom. The van der Waals surface area contributed by atoms with Crippen molar-refractivity contribution in [3.05, 3.63) is 77.3 Å². The van der Waals surface area contributed by atoms with Crippen LogP contribution in [0.5, 0.6) is 0 Å². The number of halogens is 2. The molecular formula is C19H12Cl2N4. The summed E-state index contributed by atoms with van der Waals surface area (Å²) in [5.41, 5.74) is 3.64. The van der Waals surface area contributed by atoms with Gasteiger partial charge in [-0.2, -0.15) is 4.98 Å². The van der Waals surface area contributed by atoms with Gasteiger partial charge in [0, 0.05) is 0 Å². The second-order valence-electron chi connectivity index (χ2n) is 5.40. The topological polar surface area (TPSA) is 50.7 Å². The second kappa shape index (κ2) is 6.67. The number of nitrogens with one attached hydrogen (secondary N) is 1. The molecule has 4 rings (SSSR count). The lowest BCUT2D eigenvalue weighted by atomic mass is 10.0. The van der Waals surface area contributed by atoms with Crippen LogP contribution in [0.25, 0.3) is 22.0 Å². The van der Waals surface area contributed by atoms with E-state index in [0.717, 1.165) is 27.7 Å². The largest absolute Gasteiger partial charge is 0.338 e. The molecule has 0 atom stereocenters. The monoisotopic (exact) mass is 366 g/mol. The molecule has 2 aromatic heterocycles. The highest BCUT2D eigenvalue weighted by molar-refractivity contribution is 6.29. The van der Waals surface area contributed by atoms with Crippen molar-refractivity contribution >= 4 is 45.6 Å². The summed E-state index contributed by atoms with van der Waals surface area (Å²) in [6.07, 6.45) is 1.65. The first-order chi connectivity index (χ1) is 12.2. The van der Waals surface area contributed by atoms with E-state index in [9.17, 15) is 0 Å². The third kappa shape index (κ3) is 3.27. The van der Waals surface area contributed by atoms with Crippen molar-refractivity contribution in [2.45, 2.75) is 0 Å². The molecule has 122 valence electrons. The molecule has 0 amide bonds. The van der Waals surface area contributed by atoms with E-state index < -0.39 is 0 Å². The molecular weight excluding hydrogens is 355 g/mol. The van der Waals surface area contributed by atoms with Crippen LogP contribution in [0.3, 0.4) is 0 Å². The Morgan fingerprint density at radius 1 is 0.800 bits per heavy atom. The van der Waals surface area contributed by atoms with E-state index in [1.165, 1.54) is 0 Å². The van der Waals surface area contributed by atoms with E-state index in [4.69, 9.17) is 23.2 Å². The number of anilines is 2. The van der Waals surface area contributed by atoms with Gasteiger partial charge in [0.1, 0.15) is 11.0 Å². The fourth-order valence-electron chi connectivity index (χ4n) is 2.69. The minimum atomic E-state index is 0.183. The molecule has 0 bridgehead atoms. The van der Waals surface area contributed by atoms with Crippen molar-refractivity contribution in [2.75, 3.05) is 5.32 Å². The van der Waals surface area contributed by atoms with Crippen molar-refractivity contribution in [1.29, 1.82) is 0 Å². The van der Waals surface area contributed by atoms with Crippen LogP contribution in [-0.4, -0.2) is 15.0 Å². The second-order valence-corrected chi connectivity index (χ2v) is 6.13. The van der Waals surface area contributed by atoms with E-state index in [1.807, 2.05) is 42.5 Å². The molecule has 0 aliphatic rings. The lowest BCUT2D eigenvalue weighted by molar-refractivity contribution is 1.21. The molecule has 1 N–H and O–H groups in total. The molecule has 0 saturated heterocycles. The van der Waals surface area contributed by atoms with Gasteiger partial charge in [0.05, 0.1) is 22.8 Å². The van der Waals surface area contributed by atoms with Crippen molar-refractivity contribution in [2.24, 2.45) is 0 Å². The van der Waals surface area contributed by atoms with Gasteiger partial charge in [-0.15, -0.1) is 0 Å². The van der Waals surface area contributed by atoms with Crippen LogP contribution in [0.15, 0.2) is 66.9 Å². The Morgan fingerprint density at radius 2 is 1.64 bits per heavy atom. The molecule has 6 heteroatoms. The first kappa shape index (κ1) is 15.8. The van der Waals surface area contributed by atoms with Gasteiger partial charge in [0.2, 0.25) is 5.28 Å². The molecule has 0 aliphatic heterocycles. The van der Waals surface area contributed by atoms with Crippen LogP contribution in [0.1, 0.15) is 0 Å². The van der Waals surface area contributed by atoms with Gasteiger partial charge in [-0.05, 0) is 40.9 Å². The number of fused-ring (bicyclic) bond motifs is 1. The Hall–Kier alpha value is -2.69. The Labute approximate surface area is 154 Å². The fraction of sp³-hybridized carbons (Fsp3) is 0. The van der Waals surface area contributed by atoms with Crippen molar-refractivity contribution < 1.29 is 0 Å². The van der Waals surface area contributed by atoms with Crippen molar-refractivity contribution in [1.82, 2.24) is 15.0 Å². The Bertz CT molecular complexity index is 1030. The number of nitrogens with zero attached hydrogens (tertiary/aromatic N) is 3. The minimum Gasteiger partial charge on any atom is -0.338 e. The normalized spacial score (nSPS) is 10.8. The number of aromatic nitrogens is 3. The quantitative estimate of drug-likeness (QED) is 0.370. The smallest absolute Gasteiger partial charge is 0.224 e. The van der Waals surface area contributed by atoms with E-state index in [2.05, 4.69) is 32.4 Å². The first-order valence-corrected chi connectivity index (χ1v) is 8.36. The predicted molar refractivity (Wildman–Crippen MR) is 103 cm³/mol. The molecule has 0 aliphatic carbocycles. The molecule has 4 aromatic rings. The minimum absolute atomic E-state index is 0.183. The van der Waals surface area contributed by atoms with E-state index in [0.29, 0.717) is 11.0 Å². The van der Waals surface area contributed by atoms with Gasteiger partial charge in [0.15, 0.2) is 0 Å². The number of hydrogen-bond donors (Lipinski definition) is 1. The molecule has 0 spiro atoms. The summed E-state index contributed by atoms with van der Waals surface area (Å²) < 4.78 is 0. The van der Waals surface area contributed by atoms with E-state index in [1.54, 1.807) is 12.3 Å². The van der Waals surface area contributed by atoms with Crippen LogP contribution < -0.4 is 5.32 Å². The SMILES string of the molecule is Clc1ccc(Nc2nc(Cl)nc3cccc(-c4ccccc4)c23)cn1. The van der Waals surface area contributed by atoms with Gasteiger partial charge in [0.25, 0.3) is 0 Å². The maximum atomic E-state index is 6.11. The molecule has 0 fully saturated rings. The van der Waals surface area contributed by atoms with Gasteiger partial charge in [-0.3, -0.25) is 0 Å². The van der Waals surface area contributed by atoms with Gasteiger partial charge < -0.3 is 5.32 Å². The maximum Gasteiger partial charge on any atom is 0.224 e. The number of pyridine rings is 1. The van der Waals surface area contributed by atoms with Crippen LogP contribution in [0, 0.1) is 0 Å². The van der Waals surface area contributed by atoms with E-state index >= 15 is 0 Å². The summed E-state index contributed by atoms with van der Waals surface area (Å²) >= 11 is 12.0. The predicted octanol–water partition coefficient (Wildman–Crippen LogP) is 5.74. The maximum absolute atomic E-state index is 6.11. The van der Waals surface area contributed by atoms with Crippen molar-refractivity contribution in [3.8, 4) is 11.1 Å². The zero-order chi connectivity index (χ0) is 17.2. The lowest BCUT2D eigenvalue weighted by Gasteiger charge is -2.13. The van der Waals surface area contributed by atoms with Gasteiger partial charge in [-0.1, -0.05) is 54.1 Å². The third-order valence-corrected chi connectivity index (χ3v) is 4.16. The first-order valence-electron chi connectivity index (χ1n) is 7.61. The van der Waals surface area contributed by atoms with Gasteiger partial charge in [-0.25, -0.2) is 9.97 Å². The number of rotatable bonds is 3. The van der Waals surface area contributed by atoms with E-state index in [-0.39, 0.29) is 5.28 Å². The summed E-state index contributed by atoms with van der Waals surface area (Å²) in [4.78, 5) is 12.8. The fourth-order valence-corrected chi connectivity index (χ4v) is 2.98. The highest BCUT2D eigenvalue weighted by Gasteiger charge is 2.13. The third-order valence-electron chi connectivity index (χ3n) is 3.77. The molecule has 2 aromatic carbocycles. The zero-order valence-corrected chi connectivity index (χ0v) is 14.5. The summed E-state index contributed by atoms with van der Waals surface area (Å²) in [6.45, 7) is 0. The summed E-state index contributed by atoms with van der Waals surface area (Å²) in [5.74, 6) is 0.624. The molecule has 4 nitrogen and oxygen atoms in total. The molecule has 0 radical (unpaired) electrons. The summed E-state index contributed by atoms with van der Waals surface area (Å²) in [6, 6.07) is 19.6. The van der Waals surface area contributed by atoms with Crippen molar-refractivity contribution in [3.63, 3.8) is 0 Å². The highest BCUT2D eigenvalue weighted by Crippen LogP contribution is 2.34. The van der Waals surface area contributed by atoms with Crippen LogP contribution >= 0.6 is 23.2 Å². The highest BCUT2D eigenvalue weighted by atomic mass is 35.5. The molecule has 25 heavy (non-hydrogen) atoms. The summed E-state index contributed by atoms with van der Waals surface area (Å²) in [7, 11) is 0. The average Bonchev–Trinajstić information content (AvgIpc) is 2.63. The molecule has 2 heterocycles. The molecule has 0 unspecified atom stereocenters. The average molecular weight is 367 g/mol. The van der Waals surface area contributed by atoms with Crippen LogP contribution in [0.4, 0.5) is 11.5 Å². The summed E-state index contributed by atoms with van der Waals surface area (Å²) in [5, 5.41) is 4.78. The number of benzene rings is 2. The van der Waals surface area contributed by atoms with Crippen LogP contribution in [-0.2, 0) is 0 Å². The standard InChI is InChI=1S/C19H12Cl2N4/c20-16-10-9-13(11-22-16)23-18-17-14(12-5-2-1-3-6-12)7-4-8-15(17)24-19(21)25-18/h1-11H,(H,23,24,25). The molecule has 0 saturated carbocycles. The number of hydrogen-bond acceptors (Lipinski definition) is 4. The Kier molecular flexibility index (Phi) is 4.22.